The van der Waals surface area contributed by atoms with Crippen LogP contribution in [0.1, 0.15) is 10.7 Å². The van der Waals surface area contributed by atoms with Gasteiger partial charge in [0.2, 0.25) is 0 Å². The Labute approximate surface area is 113 Å². The van der Waals surface area contributed by atoms with Gasteiger partial charge in [-0.2, -0.15) is 0 Å². The van der Waals surface area contributed by atoms with Crippen LogP contribution in [0, 0.1) is 12.7 Å². The third-order valence-corrected chi connectivity index (χ3v) is 3.58. The molecule has 0 fully saturated rings. The standard InChI is InChI=1S/C11H12ClFN4S/c1-5-17-6(4-18-5)3-16-11-8(15)2-7(14)9(12)10(11)13/h2,4,16H,3,14-15H2,1H3. The molecule has 96 valence electrons. The largest absolute Gasteiger partial charge is 0.397 e. The lowest BCUT2D eigenvalue weighted by Crippen LogP contribution is -2.06. The van der Waals surface area contributed by atoms with Gasteiger partial charge in [-0.05, 0) is 13.0 Å². The van der Waals surface area contributed by atoms with Gasteiger partial charge in [0.15, 0.2) is 5.82 Å². The Morgan fingerprint density at radius 1 is 1.44 bits per heavy atom. The summed E-state index contributed by atoms with van der Waals surface area (Å²) in [5, 5.41) is 5.61. The highest BCUT2D eigenvalue weighted by atomic mass is 35.5. The van der Waals surface area contributed by atoms with Crippen LogP contribution in [0.15, 0.2) is 11.4 Å². The van der Waals surface area contributed by atoms with Gasteiger partial charge in [-0.25, -0.2) is 9.37 Å². The van der Waals surface area contributed by atoms with Crippen LogP contribution in [-0.2, 0) is 6.54 Å². The highest BCUT2D eigenvalue weighted by molar-refractivity contribution is 7.09. The SMILES string of the molecule is Cc1nc(CNc2c(N)cc(N)c(Cl)c2F)cs1. The predicted octanol–water partition coefficient (Wildman–Crippen LogP) is 3.02. The molecule has 0 unspecified atom stereocenters. The number of aromatic nitrogens is 1. The lowest BCUT2D eigenvalue weighted by molar-refractivity contribution is 0.631. The molecule has 0 bridgehead atoms. The summed E-state index contributed by atoms with van der Waals surface area (Å²) in [6.45, 7) is 2.29. The van der Waals surface area contributed by atoms with Crippen molar-refractivity contribution in [1.82, 2.24) is 4.98 Å². The van der Waals surface area contributed by atoms with E-state index in [-0.39, 0.29) is 22.1 Å². The summed E-state index contributed by atoms with van der Waals surface area (Å²) in [6, 6.07) is 1.43. The molecule has 0 amide bonds. The minimum atomic E-state index is -0.638. The van der Waals surface area contributed by atoms with E-state index in [1.54, 1.807) is 0 Å². The van der Waals surface area contributed by atoms with Crippen molar-refractivity contribution < 1.29 is 4.39 Å². The van der Waals surface area contributed by atoms with Crippen molar-refractivity contribution in [3.05, 3.63) is 33.0 Å². The maximum absolute atomic E-state index is 13.9. The zero-order valence-corrected chi connectivity index (χ0v) is 11.2. The first kappa shape index (κ1) is 12.9. The van der Waals surface area contributed by atoms with E-state index >= 15 is 0 Å². The van der Waals surface area contributed by atoms with E-state index in [1.165, 1.54) is 17.4 Å². The summed E-state index contributed by atoms with van der Waals surface area (Å²) in [5.41, 5.74) is 12.5. The van der Waals surface area contributed by atoms with Gasteiger partial charge in [-0.3, -0.25) is 0 Å². The fourth-order valence-electron chi connectivity index (χ4n) is 1.51. The number of nitrogens with two attached hydrogens (primary N) is 2. The maximum atomic E-state index is 13.9. The second-order valence-electron chi connectivity index (χ2n) is 3.77. The highest BCUT2D eigenvalue weighted by Crippen LogP contribution is 2.33. The van der Waals surface area contributed by atoms with E-state index in [9.17, 15) is 4.39 Å². The zero-order valence-electron chi connectivity index (χ0n) is 9.63. The van der Waals surface area contributed by atoms with Crippen molar-refractivity contribution in [3.63, 3.8) is 0 Å². The molecular formula is C11H12ClFN4S. The summed E-state index contributed by atoms with van der Waals surface area (Å²) in [5.74, 6) is -0.638. The molecule has 2 aromatic rings. The van der Waals surface area contributed by atoms with Crippen molar-refractivity contribution in [3.8, 4) is 0 Å². The molecule has 0 atom stereocenters. The monoisotopic (exact) mass is 286 g/mol. The summed E-state index contributed by atoms with van der Waals surface area (Å²) >= 11 is 7.26. The van der Waals surface area contributed by atoms with Gasteiger partial charge < -0.3 is 16.8 Å². The first-order chi connectivity index (χ1) is 8.49. The molecule has 0 aliphatic carbocycles. The Hall–Kier alpha value is -1.53. The molecule has 0 radical (unpaired) electrons. The molecule has 1 heterocycles. The number of halogens is 2. The summed E-state index contributed by atoms with van der Waals surface area (Å²) in [6.07, 6.45) is 0. The molecule has 1 aromatic heterocycles. The fraction of sp³-hybridized carbons (Fsp3) is 0.182. The summed E-state index contributed by atoms with van der Waals surface area (Å²) in [7, 11) is 0. The first-order valence-corrected chi connectivity index (χ1v) is 6.42. The smallest absolute Gasteiger partial charge is 0.169 e. The minimum Gasteiger partial charge on any atom is -0.397 e. The Morgan fingerprint density at radius 3 is 2.78 bits per heavy atom. The Balaban J connectivity index is 2.22. The average Bonchev–Trinajstić information content (AvgIpc) is 2.72. The van der Waals surface area contributed by atoms with E-state index in [0.29, 0.717) is 6.54 Å². The second kappa shape index (κ2) is 4.99. The molecule has 0 saturated carbocycles. The van der Waals surface area contributed by atoms with Crippen molar-refractivity contribution >= 4 is 40.0 Å². The van der Waals surface area contributed by atoms with Crippen LogP contribution in [0.2, 0.25) is 5.02 Å². The van der Waals surface area contributed by atoms with Crippen LogP contribution in [0.4, 0.5) is 21.5 Å². The average molecular weight is 287 g/mol. The molecule has 4 nitrogen and oxygen atoms in total. The third-order valence-electron chi connectivity index (χ3n) is 2.38. The van der Waals surface area contributed by atoms with Gasteiger partial charge in [0, 0.05) is 5.38 Å². The van der Waals surface area contributed by atoms with E-state index < -0.39 is 5.82 Å². The van der Waals surface area contributed by atoms with Gasteiger partial charge in [0.1, 0.15) is 5.02 Å². The number of thiazole rings is 1. The number of benzene rings is 1. The Kier molecular flexibility index (Phi) is 3.58. The zero-order chi connectivity index (χ0) is 13.3. The molecule has 0 aliphatic heterocycles. The summed E-state index contributed by atoms with van der Waals surface area (Å²) < 4.78 is 13.9. The molecule has 18 heavy (non-hydrogen) atoms. The van der Waals surface area contributed by atoms with Crippen LogP contribution in [0.25, 0.3) is 0 Å². The van der Waals surface area contributed by atoms with Gasteiger partial charge in [0.25, 0.3) is 0 Å². The fourth-order valence-corrected chi connectivity index (χ4v) is 2.28. The Bertz CT molecular complexity index is 585. The second-order valence-corrected chi connectivity index (χ2v) is 5.21. The van der Waals surface area contributed by atoms with Crippen molar-refractivity contribution in [2.75, 3.05) is 16.8 Å². The molecule has 0 saturated heterocycles. The van der Waals surface area contributed by atoms with Gasteiger partial charge in [-0.15, -0.1) is 11.3 Å². The summed E-state index contributed by atoms with van der Waals surface area (Å²) in [4.78, 5) is 4.26. The predicted molar refractivity (Wildman–Crippen MR) is 74.4 cm³/mol. The number of anilines is 3. The molecule has 2 rings (SSSR count). The number of aryl methyl sites for hydroxylation is 1. The van der Waals surface area contributed by atoms with E-state index in [2.05, 4.69) is 10.3 Å². The highest BCUT2D eigenvalue weighted by Gasteiger charge is 2.14. The number of rotatable bonds is 3. The molecular weight excluding hydrogens is 275 g/mol. The minimum absolute atomic E-state index is 0.124. The molecule has 5 N–H and O–H groups in total. The van der Waals surface area contributed by atoms with Crippen LogP contribution < -0.4 is 16.8 Å². The lowest BCUT2D eigenvalue weighted by Gasteiger charge is -2.12. The van der Waals surface area contributed by atoms with Crippen molar-refractivity contribution in [2.45, 2.75) is 13.5 Å². The number of nitrogen functional groups attached to an aromatic ring is 2. The van der Waals surface area contributed by atoms with Crippen LogP contribution in [-0.4, -0.2) is 4.98 Å². The van der Waals surface area contributed by atoms with E-state index in [0.717, 1.165) is 10.7 Å². The molecule has 0 aliphatic rings. The van der Waals surface area contributed by atoms with Gasteiger partial charge in [-0.1, -0.05) is 11.6 Å². The quantitative estimate of drug-likeness (QED) is 0.758. The number of hydrogen-bond donors (Lipinski definition) is 3. The normalized spacial score (nSPS) is 10.6. The molecule has 0 spiro atoms. The van der Waals surface area contributed by atoms with Crippen molar-refractivity contribution in [1.29, 1.82) is 0 Å². The van der Waals surface area contributed by atoms with Crippen LogP contribution >= 0.6 is 22.9 Å². The van der Waals surface area contributed by atoms with Crippen LogP contribution in [0.3, 0.4) is 0 Å². The number of hydrogen-bond acceptors (Lipinski definition) is 5. The Morgan fingerprint density at radius 2 is 2.17 bits per heavy atom. The topological polar surface area (TPSA) is 77.0 Å². The van der Waals surface area contributed by atoms with Gasteiger partial charge >= 0.3 is 0 Å². The molecule has 1 aromatic carbocycles. The molecule has 7 heteroatoms. The van der Waals surface area contributed by atoms with E-state index in [4.69, 9.17) is 23.1 Å². The third kappa shape index (κ3) is 2.49. The first-order valence-electron chi connectivity index (χ1n) is 5.17. The van der Waals surface area contributed by atoms with Crippen LogP contribution in [0.5, 0.6) is 0 Å². The van der Waals surface area contributed by atoms with Gasteiger partial charge in [0.05, 0.1) is 34.3 Å². The number of nitrogens with one attached hydrogen (secondary N) is 1. The van der Waals surface area contributed by atoms with E-state index in [1.807, 2.05) is 12.3 Å². The van der Waals surface area contributed by atoms with Crippen molar-refractivity contribution in [2.24, 2.45) is 0 Å². The lowest BCUT2D eigenvalue weighted by atomic mass is 10.2. The maximum Gasteiger partial charge on any atom is 0.169 e. The number of nitrogens with zero attached hydrogens (tertiary/aromatic N) is 1.